The lowest BCUT2D eigenvalue weighted by atomic mass is 10.1. The molecule has 0 fully saturated rings. The molecule has 0 unspecified atom stereocenters. The first-order valence-corrected chi connectivity index (χ1v) is 8.50. The Bertz CT molecular complexity index is 1280. The van der Waals surface area contributed by atoms with Crippen molar-refractivity contribution in [2.75, 3.05) is 0 Å². The number of hydrogen-bond donors (Lipinski definition) is 0. The molecule has 26 heavy (non-hydrogen) atoms. The van der Waals surface area contributed by atoms with Gasteiger partial charge < -0.3 is 4.57 Å². The van der Waals surface area contributed by atoms with Gasteiger partial charge in [-0.2, -0.15) is 4.98 Å². The number of imidazole rings is 2. The van der Waals surface area contributed by atoms with Crippen molar-refractivity contribution in [3.8, 4) is 0 Å². The molecule has 0 saturated heterocycles. The van der Waals surface area contributed by atoms with Crippen LogP contribution in [0.4, 0.5) is 0 Å². The van der Waals surface area contributed by atoms with E-state index in [9.17, 15) is 9.59 Å². The molecule has 0 aliphatic heterocycles. The largest absolute Gasteiger partial charge is 0.332 e. The van der Waals surface area contributed by atoms with Crippen molar-refractivity contribution >= 4 is 16.9 Å². The molecule has 7 nitrogen and oxygen atoms in total. The third-order valence-corrected chi connectivity index (χ3v) is 5.25. The van der Waals surface area contributed by atoms with Crippen molar-refractivity contribution in [2.45, 2.75) is 27.3 Å². The van der Waals surface area contributed by atoms with Gasteiger partial charge in [-0.1, -0.05) is 29.8 Å². The van der Waals surface area contributed by atoms with E-state index in [-0.39, 0.29) is 17.8 Å². The summed E-state index contributed by atoms with van der Waals surface area (Å²) in [7, 11) is 3.57. The van der Waals surface area contributed by atoms with Gasteiger partial charge in [0.15, 0.2) is 11.2 Å². The maximum atomic E-state index is 13.2. The topological polar surface area (TPSA) is 66.2 Å². The van der Waals surface area contributed by atoms with Crippen LogP contribution in [0.5, 0.6) is 0 Å². The predicted octanol–water partition coefficient (Wildman–Crippen LogP) is 1.66. The van der Waals surface area contributed by atoms with Crippen molar-refractivity contribution < 1.29 is 0 Å². The molecule has 0 N–H and O–H groups in total. The van der Waals surface area contributed by atoms with Gasteiger partial charge >= 0.3 is 5.69 Å². The zero-order chi connectivity index (χ0) is 18.7. The first-order chi connectivity index (χ1) is 12.3. The van der Waals surface area contributed by atoms with E-state index in [1.165, 1.54) is 9.13 Å². The molecule has 134 valence electrons. The lowest BCUT2D eigenvalue weighted by molar-refractivity contribution is 0.656. The van der Waals surface area contributed by atoms with Crippen LogP contribution in [0.15, 0.2) is 33.9 Å². The molecule has 0 aliphatic rings. The summed E-state index contributed by atoms with van der Waals surface area (Å²) >= 11 is 0. The van der Waals surface area contributed by atoms with E-state index in [0.717, 1.165) is 22.5 Å². The fraction of sp³-hybridized carbons (Fsp3) is 0.316. The van der Waals surface area contributed by atoms with Crippen LogP contribution in [0, 0.1) is 20.8 Å². The lowest BCUT2D eigenvalue weighted by Gasteiger charge is -2.09. The Morgan fingerprint density at radius 1 is 0.923 bits per heavy atom. The summed E-state index contributed by atoms with van der Waals surface area (Å²) in [5.74, 6) is 0.662. The molecule has 7 heteroatoms. The number of nitrogens with zero attached hydrogens (tertiary/aromatic N) is 5. The standard InChI is InChI=1S/C19H21N5O2/c1-11-6-8-14(9-7-11)10-23-17(25)15-16(22(5)19(23)26)20-18-21(4)12(2)13(3)24(15)18/h6-9H,10H2,1-5H3. The summed E-state index contributed by atoms with van der Waals surface area (Å²) in [4.78, 5) is 30.5. The zero-order valence-electron chi connectivity index (χ0n) is 15.6. The van der Waals surface area contributed by atoms with Crippen LogP contribution in [0.2, 0.25) is 0 Å². The molecular weight excluding hydrogens is 330 g/mol. The van der Waals surface area contributed by atoms with Crippen LogP contribution in [-0.2, 0) is 20.6 Å². The highest BCUT2D eigenvalue weighted by atomic mass is 16.2. The van der Waals surface area contributed by atoms with Crippen LogP contribution < -0.4 is 11.2 Å². The highest BCUT2D eigenvalue weighted by molar-refractivity contribution is 5.76. The van der Waals surface area contributed by atoms with Gasteiger partial charge in [-0.3, -0.25) is 18.3 Å². The Labute approximate surface area is 149 Å². The van der Waals surface area contributed by atoms with E-state index in [1.54, 1.807) is 7.05 Å². The highest BCUT2D eigenvalue weighted by Crippen LogP contribution is 2.19. The molecule has 1 aromatic carbocycles. The minimum atomic E-state index is -0.360. The molecule has 0 radical (unpaired) electrons. The van der Waals surface area contributed by atoms with Crippen molar-refractivity contribution in [1.82, 2.24) is 23.1 Å². The monoisotopic (exact) mass is 351 g/mol. The Morgan fingerprint density at radius 3 is 2.23 bits per heavy atom. The molecule has 4 rings (SSSR count). The summed E-state index contributed by atoms with van der Waals surface area (Å²) in [5, 5.41) is 0. The molecule has 0 amide bonds. The van der Waals surface area contributed by atoms with Crippen molar-refractivity contribution in [3.05, 3.63) is 67.6 Å². The molecule has 3 aromatic heterocycles. The van der Waals surface area contributed by atoms with E-state index < -0.39 is 0 Å². The van der Waals surface area contributed by atoms with E-state index in [4.69, 9.17) is 0 Å². The van der Waals surface area contributed by atoms with Gasteiger partial charge in [0.2, 0.25) is 5.78 Å². The Hall–Kier alpha value is -3.09. The maximum absolute atomic E-state index is 13.2. The van der Waals surface area contributed by atoms with Crippen LogP contribution in [-0.4, -0.2) is 23.1 Å². The number of aromatic nitrogens is 5. The second-order valence-corrected chi connectivity index (χ2v) is 6.87. The predicted molar refractivity (Wildman–Crippen MR) is 101 cm³/mol. The first kappa shape index (κ1) is 16.4. The third-order valence-electron chi connectivity index (χ3n) is 5.25. The molecule has 0 spiro atoms. The highest BCUT2D eigenvalue weighted by Gasteiger charge is 2.21. The van der Waals surface area contributed by atoms with Gasteiger partial charge in [0.25, 0.3) is 5.56 Å². The molecule has 4 aromatic rings. The molecule has 0 aliphatic carbocycles. The Morgan fingerprint density at radius 2 is 1.58 bits per heavy atom. The van der Waals surface area contributed by atoms with Crippen LogP contribution in [0.1, 0.15) is 22.5 Å². The summed E-state index contributed by atoms with van der Waals surface area (Å²) < 4.78 is 6.51. The van der Waals surface area contributed by atoms with Gasteiger partial charge in [-0.05, 0) is 26.3 Å². The second-order valence-electron chi connectivity index (χ2n) is 6.87. The maximum Gasteiger partial charge on any atom is 0.332 e. The van der Waals surface area contributed by atoms with Crippen LogP contribution in [0.25, 0.3) is 16.9 Å². The molecule has 0 saturated carbocycles. The van der Waals surface area contributed by atoms with Gasteiger partial charge in [0.1, 0.15) is 0 Å². The first-order valence-electron chi connectivity index (χ1n) is 8.50. The molecule has 3 heterocycles. The minimum absolute atomic E-state index is 0.236. The SMILES string of the molecule is Cc1ccc(Cn2c(=O)c3c(nc4n(C)c(C)c(C)n34)n(C)c2=O)cc1. The second kappa shape index (κ2) is 5.45. The fourth-order valence-electron chi connectivity index (χ4n) is 3.42. The van der Waals surface area contributed by atoms with Crippen molar-refractivity contribution in [3.63, 3.8) is 0 Å². The fourth-order valence-corrected chi connectivity index (χ4v) is 3.42. The van der Waals surface area contributed by atoms with Gasteiger partial charge in [0.05, 0.1) is 6.54 Å². The summed E-state index contributed by atoms with van der Waals surface area (Å²) in [5.41, 5.74) is 4.21. The summed E-state index contributed by atoms with van der Waals surface area (Å²) in [6, 6.07) is 7.83. The normalized spacial score (nSPS) is 11.7. The number of aryl methyl sites for hydroxylation is 4. The number of rotatable bonds is 2. The average molecular weight is 351 g/mol. The van der Waals surface area contributed by atoms with Crippen LogP contribution >= 0.6 is 0 Å². The minimum Gasteiger partial charge on any atom is -0.317 e. The molecular formula is C19H21N5O2. The lowest BCUT2D eigenvalue weighted by Crippen LogP contribution is -2.39. The van der Waals surface area contributed by atoms with E-state index in [0.29, 0.717) is 16.9 Å². The quantitative estimate of drug-likeness (QED) is 0.552. The van der Waals surface area contributed by atoms with E-state index >= 15 is 0 Å². The Kier molecular flexibility index (Phi) is 3.44. The van der Waals surface area contributed by atoms with Crippen LogP contribution in [0.3, 0.4) is 0 Å². The number of fused-ring (bicyclic) bond motifs is 3. The third kappa shape index (κ3) is 2.09. The molecule has 0 bridgehead atoms. The van der Waals surface area contributed by atoms with Crippen molar-refractivity contribution in [2.24, 2.45) is 14.1 Å². The Balaban J connectivity index is 2.07. The number of benzene rings is 1. The summed E-state index contributed by atoms with van der Waals surface area (Å²) in [6.07, 6.45) is 0. The van der Waals surface area contributed by atoms with Gasteiger partial charge in [-0.25, -0.2) is 4.79 Å². The summed E-state index contributed by atoms with van der Waals surface area (Å²) in [6.45, 7) is 6.19. The average Bonchev–Trinajstić information content (AvgIpc) is 3.11. The van der Waals surface area contributed by atoms with E-state index in [2.05, 4.69) is 4.98 Å². The van der Waals surface area contributed by atoms with Crippen molar-refractivity contribution in [1.29, 1.82) is 0 Å². The smallest absolute Gasteiger partial charge is 0.317 e. The zero-order valence-corrected chi connectivity index (χ0v) is 15.6. The van der Waals surface area contributed by atoms with E-state index in [1.807, 2.05) is 61.1 Å². The molecule has 0 atom stereocenters. The van der Waals surface area contributed by atoms with Gasteiger partial charge in [-0.15, -0.1) is 0 Å². The van der Waals surface area contributed by atoms with Gasteiger partial charge in [0, 0.05) is 25.5 Å². The number of hydrogen-bond acceptors (Lipinski definition) is 3.